The van der Waals surface area contributed by atoms with E-state index in [-0.39, 0.29) is 18.2 Å². The molecule has 1 aliphatic rings. The van der Waals surface area contributed by atoms with Crippen LogP contribution in [0.15, 0.2) is 42.5 Å². The van der Waals surface area contributed by atoms with Crippen molar-refractivity contribution in [3.63, 3.8) is 0 Å². The van der Waals surface area contributed by atoms with Crippen LogP contribution >= 0.6 is 0 Å². The molecule has 1 N–H and O–H groups in total. The van der Waals surface area contributed by atoms with E-state index in [2.05, 4.69) is 36.4 Å². The molecule has 0 heterocycles. The molecule has 0 amide bonds. The first-order chi connectivity index (χ1) is 14.0. The van der Waals surface area contributed by atoms with Crippen LogP contribution in [0.25, 0.3) is 0 Å². The van der Waals surface area contributed by atoms with Crippen molar-refractivity contribution in [2.24, 2.45) is 11.8 Å². The fraction of sp³-hybridized carbons (Fsp3) is 0.654. The monoisotopic (exact) mass is 400 g/mol. The first kappa shape index (κ1) is 23.7. The van der Waals surface area contributed by atoms with E-state index in [0.29, 0.717) is 6.42 Å². The average molecular weight is 401 g/mol. The number of aliphatic hydroxyl groups is 1. The number of aliphatic hydroxyl groups excluding tert-OH is 1. The normalized spacial score (nSPS) is 20.4. The number of unbranched alkanes of at least 4 members (excludes halogenated alkanes) is 1. The number of carbonyl (C=O) groups excluding carboxylic acids is 1. The molecule has 0 radical (unpaired) electrons. The molecule has 3 unspecified atom stereocenters. The number of ether oxygens (including phenoxy) is 1. The second kappa shape index (κ2) is 13.6. The highest BCUT2D eigenvalue weighted by Crippen LogP contribution is 2.37. The summed E-state index contributed by atoms with van der Waals surface area (Å²) in [7, 11) is 0. The number of benzene rings is 1. The van der Waals surface area contributed by atoms with Gasteiger partial charge in [0.1, 0.15) is 0 Å². The summed E-state index contributed by atoms with van der Waals surface area (Å²) in [5.74, 6) is 1.43. The van der Waals surface area contributed by atoms with Gasteiger partial charge in [0, 0.05) is 6.42 Å². The topological polar surface area (TPSA) is 46.5 Å². The maximum Gasteiger partial charge on any atom is 0.306 e. The Morgan fingerprint density at radius 1 is 1.14 bits per heavy atom. The lowest BCUT2D eigenvalue weighted by molar-refractivity contribution is -0.147. The summed E-state index contributed by atoms with van der Waals surface area (Å²) in [5, 5.41) is 10.4. The minimum absolute atomic E-state index is 0.0193. The van der Waals surface area contributed by atoms with Crippen LogP contribution in [0.3, 0.4) is 0 Å². The molecule has 0 bridgehead atoms. The number of hydrogen-bond donors (Lipinski definition) is 1. The SMILES string of the molecule is CC(C)OC(=O)CCCC=CCC1CCCC1CCC(O)CCc1ccccc1. The van der Waals surface area contributed by atoms with Crippen LogP contribution in [0.4, 0.5) is 0 Å². The molecule has 3 heteroatoms. The number of hydrogen-bond acceptors (Lipinski definition) is 3. The minimum atomic E-state index is -0.183. The molecule has 162 valence electrons. The van der Waals surface area contributed by atoms with Gasteiger partial charge >= 0.3 is 5.97 Å². The van der Waals surface area contributed by atoms with E-state index >= 15 is 0 Å². The highest BCUT2D eigenvalue weighted by molar-refractivity contribution is 5.69. The molecule has 0 aliphatic heterocycles. The predicted molar refractivity (Wildman–Crippen MR) is 120 cm³/mol. The van der Waals surface area contributed by atoms with Crippen molar-refractivity contribution in [2.45, 2.75) is 96.7 Å². The Balaban J connectivity index is 1.58. The molecular weight excluding hydrogens is 360 g/mol. The zero-order valence-electron chi connectivity index (χ0n) is 18.4. The quantitative estimate of drug-likeness (QED) is 0.242. The minimum Gasteiger partial charge on any atom is -0.463 e. The number of allylic oxidation sites excluding steroid dienone is 2. The van der Waals surface area contributed by atoms with Crippen molar-refractivity contribution in [1.29, 1.82) is 0 Å². The van der Waals surface area contributed by atoms with E-state index in [1.54, 1.807) is 0 Å². The van der Waals surface area contributed by atoms with Gasteiger partial charge in [0.15, 0.2) is 0 Å². The Kier molecular flexibility index (Phi) is 11.1. The lowest BCUT2D eigenvalue weighted by Crippen LogP contribution is -2.13. The van der Waals surface area contributed by atoms with Gasteiger partial charge in [0.05, 0.1) is 12.2 Å². The molecule has 0 saturated heterocycles. The molecular formula is C26H40O3. The molecule has 3 atom stereocenters. The summed E-state index contributed by atoms with van der Waals surface area (Å²) in [6.07, 6.45) is 15.6. The standard InChI is InChI=1S/C26H40O3/c1-21(2)29-26(28)16-9-4-3-8-13-23-14-10-15-24(23)18-20-25(27)19-17-22-11-6-5-7-12-22/h3,5-8,11-12,21,23-25,27H,4,9-10,13-20H2,1-2H3. The van der Waals surface area contributed by atoms with Gasteiger partial charge in [0.25, 0.3) is 0 Å². The van der Waals surface area contributed by atoms with Gasteiger partial charge in [-0.25, -0.2) is 0 Å². The second-order valence-corrected chi connectivity index (χ2v) is 8.84. The van der Waals surface area contributed by atoms with E-state index in [1.165, 1.54) is 24.8 Å². The molecule has 1 saturated carbocycles. The third-order valence-corrected chi connectivity index (χ3v) is 6.02. The van der Waals surface area contributed by atoms with Crippen molar-refractivity contribution in [3.05, 3.63) is 48.0 Å². The predicted octanol–water partition coefficient (Wildman–Crippen LogP) is 6.24. The van der Waals surface area contributed by atoms with Crippen LogP contribution in [0.1, 0.15) is 83.6 Å². The number of rotatable bonds is 13. The van der Waals surface area contributed by atoms with Gasteiger partial charge in [-0.2, -0.15) is 0 Å². The highest BCUT2D eigenvalue weighted by Gasteiger charge is 2.26. The van der Waals surface area contributed by atoms with Crippen molar-refractivity contribution >= 4 is 5.97 Å². The zero-order chi connectivity index (χ0) is 20.9. The Bertz CT molecular complexity index is 593. The first-order valence-corrected chi connectivity index (χ1v) is 11.6. The van der Waals surface area contributed by atoms with E-state index in [1.807, 2.05) is 19.9 Å². The molecule has 0 spiro atoms. The summed E-state index contributed by atoms with van der Waals surface area (Å²) in [5.41, 5.74) is 1.31. The molecule has 29 heavy (non-hydrogen) atoms. The summed E-state index contributed by atoms with van der Waals surface area (Å²) < 4.78 is 5.16. The third-order valence-electron chi connectivity index (χ3n) is 6.02. The first-order valence-electron chi connectivity index (χ1n) is 11.6. The van der Waals surface area contributed by atoms with Gasteiger partial charge in [-0.1, -0.05) is 55.3 Å². The average Bonchev–Trinajstić information content (AvgIpc) is 3.15. The van der Waals surface area contributed by atoms with Crippen LogP contribution in [0, 0.1) is 11.8 Å². The summed E-state index contributed by atoms with van der Waals surface area (Å²) >= 11 is 0. The summed E-state index contributed by atoms with van der Waals surface area (Å²) in [6.45, 7) is 3.77. The fourth-order valence-electron chi connectivity index (χ4n) is 4.41. The molecule has 1 fully saturated rings. The van der Waals surface area contributed by atoms with Crippen molar-refractivity contribution in [1.82, 2.24) is 0 Å². The Morgan fingerprint density at radius 3 is 2.66 bits per heavy atom. The van der Waals surface area contributed by atoms with Gasteiger partial charge in [-0.15, -0.1) is 0 Å². The van der Waals surface area contributed by atoms with E-state index in [0.717, 1.165) is 56.8 Å². The second-order valence-electron chi connectivity index (χ2n) is 8.84. The molecule has 1 aliphatic carbocycles. The van der Waals surface area contributed by atoms with Crippen LogP contribution in [-0.4, -0.2) is 23.3 Å². The largest absolute Gasteiger partial charge is 0.463 e. The third kappa shape index (κ3) is 10.1. The van der Waals surface area contributed by atoms with E-state index in [9.17, 15) is 9.90 Å². The van der Waals surface area contributed by atoms with E-state index < -0.39 is 0 Å². The highest BCUT2D eigenvalue weighted by atomic mass is 16.5. The summed E-state index contributed by atoms with van der Waals surface area (Å²) in [6, 6.07) is 10.4. The Labute approximate surface area is 177 Å². The number of esters is 1. The van der Waals surface area contributed by atoms with Crippen LogP contribution < -0.4 is 0 Å². The molecule has 2 rings (SSSR count). The van der Waals surface area contributed by atoms with Crippen molar-refractivity contribution in [2.75, 3.05) is 0 Å². The van der Waals surface area contributed by atoms with Gasteiger partial charge in [-0.05, 0) is 82.6 Å². The van der Waals surface area contributed by atoms with Gasteiger partial charge in [-0.3, -0.25) is 4.79 Å². The lowest BCUT2D eigenvalue weighted by atomic mass is 9.87. The summed E-state index contributed by atoms with van der Waals surface area (Å²) in [4.78, 5) is 11.5. The van der Waals surface area contributed by atoms with Crippen LogP contribution in [-0.2, 0) is 16.0 Å². The molecule has 0 aromatic heterocycles. The smallest absolute Gasteiger partial charge is 0.306 e. The number of aryl methyl sites for hydroxylation is 1. The van der Waals surface area contributed by atoms with Gasteiger partial charge < -0.3 is 9.84 Å². The molecule has 1 aromatic carbocycles. The zero-order valence-corrected chi connectivity index (χ0v) is 18.4. The number of carbonyl (C=O) groups is 1. The maximum atomic E-state index is 11.5. The fourth-order valence-corrected chi connectivity index (χ4v) is 4.41. The molecule has 3 nitrogen and oxygen atoms in total. The lowest BCUT2D eigenvalue weighted by Gasteiger charge is -2.20. The maximum absolute atomic E-state index is 11.5. The molecule has 1 aromatic rings. The Hall–Kier alpha value is -1.61. The van der Waals surface area contributed by atoms with Gasteiger partial charge in [0.2, 0.25) is 0 Å². The van der Waals surface area contributed by atoms with Crippen LogP contribution in [0.5, 0.6) is 0 Å². The van der Waals surface area contributed by atoms with Crippen molar-refractivity contribution < 1.29 is 14.6 Å². The Morgan fingerprint density at radius 2 is 1.90 bits per heavy atom. The van der Waals surface area contributed by atoms with Crippen molar-refractivity contribution in [3.8, 4) is 0 Å². The van der Waals surface area contributed by atoms with E-state index in [4.69, 9.17) is 4.74 Å². The van der Waals surface area contributed by atoms with Crippen LogP contribution in [0.2, 0.25) is 0 Å².